The second kappa shape index (κ2) is 3.94. The monoisotopic (exact) mass is 165 g/mol. The van der Waals surface area contributed by atoms with Crippen molar-refractivity contribution in [1.29, 1.82) is 0 Å². The molecule has 64 valence electrons. The molecule has 1 aromatic heterocycles. The zero-order chi connectivity index (χ0) is 8.97. The van der Waals surface area contributed by atoms with Crippen LogP contribution < -0.4 is 11.5 Å². The molecule has 1 unspecified atom stereocenters. The Hall–Kier alpha value is -1.26. The van der Waals surface area contributed by atoms with Crippen molar-refractivity contribution in [2.45, 2.75) is 6.04 Å². The van der Waals surface area contributed by atoms with Crippen molar-refractivity contribution in [3.05, 3.63) is 29.6 Å². The van der Waals surface area contributed by atoms with Crippen molar-refractivity contribution in [3.8, 4) is 0 Å². The lowest BCUT2D eigenvalue weighted by molar-refractivity contribution is 0.112. The average molecular weight is 165 g/mol. The first kappa shape index (κ1) is 8.83. The summed E-state index contributed by atoms with van der Waals surface area (Å²) in [5, 5.41) is 0. The van der Waals surface area contributed by atoms with Gasteiger partial charge in [0.05, 0.1) is 11.7 Å². The number of aldehydes is 1. The van der Waals surface area contributed by atoms with Crippen LogP contribution in [0.25, 0.3) is 0 Å². The summed E-state index contributed by atoms with van der Waals surface area (Å²) in [7, 11) is 0. The number of carbonyl (C=O) groups is 1. The zero-order valence-corrected chi connectivity index (χ0v) is 6.60. The summed E-state index contributed by atoms with van der Waals surface area (Å²) in [6.45, 7) is 0.329. The highest BCUT2D eigenvalue weighted by Crippen LogP contribution is 2.06. The normalized spacial score (nSPS) is 12.5. The van der Waals surface area contributed by atoms with Crippen molar-refractivity contribution in [2.24, 2.45) is 11.5 Å². The second-order valence-corrected chi connectivity index (χ2v) is 2.47. The van der Waals surface area contributed by atoms with Gasteiger partial charge in [0, 0.05) is 18.3 Å². The summed E-state index contributed by atoms with van der Waals surface area (Å²) in [6, 6.07) is 2.98. The summed E-state index contributed by atoms with van der Waals surface area (Å²) in [4.78, 5) is 14.4. The number of nitrogens with zero attached hydrogens (tertiary/aromatic N) is 1. The fourth-order valence-electron chi connectivity index (χ4n) is 0.862. The molecule has 0 saturated heterocycles. The Labute approximate surface area is 70.6 Å². The first-order valence-corrected chi connectivity index (χ1v) is 3.64. The maximum Gasteiger partial charge on any atom is 0.150 e. The number of carbonyl (C=O) groups excluding carboxylic acids is 1. The minimum Gasteiger partial charge on any atom is -0.329 e. The first-order chi connectivity index (χ1) is 5.77. The molecule has 0 amide bonds. The Bertz CT molecular complexity index is 275. The van der Waals surface area contributed by atoms with Gasteiger partial charge in [0.1, 0.15) is 6.29 Å². The molecule has 1 atom stereocenters. The summed E-state index contributed by atoms with van der Waals surface area (Å²) >= 11 is 0. The van der Waals surface area contributed by atoms with Crippen LogP contribution in [0.5, 0.6) is 0 Å². The molecule has 4 nitrogen and oxygen atoms in total. The highest BCUT2D eigenvalue weighted by atomic mass is 16.1. The molecule has 0 aliphatic rings. The SMILES string of the molecule is NCC(N)c1cc(C=O)ccn1. The predicted octanol–water partition coefficient (Wildman–Crippen LogP) is -0.147. The van der Waals surface area contributed by atoms with Gasteiger partial charge in [-0.1, -0.05) is 0 Å². The molecule has 0 saturated carbocycles. The Morgan fingerprint density at radius 3 is 3.00 bits per heavy atom. The third-order valence-corrected chi connectivity index (χ3v) is 1.58. The molecule has 12 heavy (non-hydrogen) atoms. The maximum absolute atomic E-state index is 10.4. The van der Waals surface area contributed by atoms with Crippen LogP contribution in [0, 0.1) is 0 Å². The van der Waals surface area contributed by atoms with Crippen molar-refractivity contribution < 1.29 is 4.79 Å². The van der Waals surface area contributed by atoms with Crippen LogP contribution in [-0.2, 0) is 0 Å². The minimum atomic E-state index is -0.287. The van der Waals surface area contributed by atoms with Gasteiger partial charge >= 0.3 is 0 Å². The van der Waals surface area contributed by atoms with Gasteiger partial charge in [0.2, 0.25) is 0 Å². The lowest BCUT2D eigenvalue weighted by atomic mass is 10.1. The van der Waals surface area contributed by atoms with Gasteiger partial charge < -0.3 is 11.5 Å². The number of aromatic nitrogens is 1. The number of nitrogens with two attached hydrogens (primary N) is 2. The van der Waals surface area contributed by atoms with Crippen LogP contribution in [0.1, 0.15) is 22.1 Å². The largest absolute Gasteiger partial charge is 0.329 e. The van der Waals surface area contributed by atoms with Crippen LogP contribution in [0.15, 0.2) is 18.3 Å². The van der Waals surface area contributed by atoms with E-state index in [0.717, 1.165) is 6.29 Å². The lowest BCUT2D eigenvalue weighted by Crippen LogP contribution is -2.21. The average Bonchev–Trinajstić information content (AvgIpc) is 2.17. The Kier molecular flexibility index (Phi) is 2.90. The molecule has 4 heteroatoms. The van der Waals surface area contributed by atoms with Crippen LogP contribution in [0.2, 0.25) is 0 Å². The number of hydrogen-bond donors (Lipinski definition) is 2. The summed E-state index contributed by atoms with van der Waals surface area (Å²) in [5.74, 6) is 0. The third-order valence-electron chi connectivity index (χ3n) is 1.58. The summed E-state index contributed by atoms with van der Waals surface area (Å²) in [6.07, 6.45) is 2.31. The van der Waals surface area contributed by atoms with Crippen LogP contribution in [0.4, 0.5) is 0 Å². The van der Waals surface area contributed by atoms with Gasteiger partial charge in [0.25, 0.3) is 0 Å². The molecular formula is C8H11N3O. The van der Waals surface area contributed by atoms with Crippen molar-refractivity contribution >= 4 is 6.29 Å². The molecule has 0 fully saturated rings. The number of rotatable bonds is 3. The van der Waals surface area contributed by atoms with E-state index in [1.165, 1.54) is 0 Å². The van der Waals surface area contributed by atoms with Gasteiger partial charge in [-0.15, -0.1) is 0 Å². The van der Waals surface area contributed by atoms with Gasteiger partial charge in [-0.25, -0.2) is 0 Å². The molecule has 0 radical (unpaired) electrons. The lowest BCUT2D eigenvalue weighted by Gasteiger charge is -2.07. The first-order valence-electron chi connectivity index (χ1n) is 3.64. The third kappa shape index (κ3) is 1.87. The Morgan fingerprint density at radius 2 is 2.42 bits per heavy atom. The summed E-state index contributed by atoms with van der Waals surface area (Å²) in [5.41, 5.74) is 12.2. The maximum atomic E-state index is 10.4. The van der Waals surface area contributed by atoms with E-state index in [1.807, 2.05) is 0 Å². The predicted molar refractivity (Wildman–Crippen MR) is 45.6 cm³/mol. The second-order valence-electron chi connectivity index (χ2n) is 2.47. The fraction of sp³-hybridized carbons (Fsp3) is 0.250. The van der Waals surface area contributed by atoms with Gasteiger partial charge in [-0.05, 0) is 12.1 Å². The molecule has 1 rings (SSSR count). The highest BCUT2D eigenvalue weighted by Gasteiger charge is 2.04. The van der Waals surface area contributed by atoms with E-state index >= 15 is 0 Å². The molecule has 1 heterocycles. The molecule has 0 spiro atoms. The van der Waals surface area contributed by atoms with Crippen molar-refractivity contribution in [3.63, 3.8) is 0 Å². The highest BCUT2D eigenvalue weighted by molar-refractivity contribution is 5.74. The molecule has 0 bridgehead atoms. The van der Waals surface area contributed by atoms with E-state index in [9.17, 15) is 4.79 Å². The minimum absolute atomic E-state index is 0.287. The molecule has 4 N–H and O–H groups in total. The molecular weight excluding hydrogens is 154 g/mol. The van der Waals surface area contributed by atoms with E-state index in [-0.39, 0.29) is 6.04 Å². The zero-order valence-electron chi connectivity index (χ0n) is 6.60. The molecule has 0 aliphatic heterocycles. The number of hydrogen-bond acceptors (Lipinski definition) is 4. The van der Waals surface area contributed by atoms with E-state index in [0.29, 0.717) is 17.8 Å². The van der Waals surface area contributed by atoms with Crippen LogP contribution in [0.3, 0.4) is 0 Å². The molecule has 0 aliphatic carbocycles. The Balaban J connectivity index is 2.93. The Morgan fingerprint density at radius 1 is 1.67 bits per heavy atom. The van der Waals surface area contributed by atoms with E-state index in [4.69, 9.17) is 11.5 Å². The van der Waals surface area contributed by atoms with E-state index < -0.39 is 0 Å². The summed E-state index contributed by atoms with van der Waals surface area (Å²) < 4.78 is 0. The van der Waals surface area contributed by atoms with E-state index in [2.05, 4.69) is 4.98 Å². The van der Waals surface area contributed by atoms with Gasteiger partial charge in [-0.3, -0.25) is 9.78 Å². The van der Waals surface area contributed by atoms with Gasteiger partial charge in [0.15, 0.2) is 0 Å². The van der Waals surface area contributed by atoms with Crippen molar-refractivity contribution in [1.82, 2.24) is 4.98 Å². The van der Waals surface area contributed by atoms with Crippen LogP contribution >= 0.6 is 0 Å². The molecule has 1 aromatic rings. The fourth-order valence-corrected chi connectivity index (χ4v) is 0.862. The smallest absolute Gasteiger partial charge is 0.150 e. The van der Waals surface area contributed by atoms with Crippen molar-refractivity contribution in [2.75, 3.05) is 6.54 Å². The number of pyridine rings is 1. The quantitative estimate of drug-likeness (QED) is 0.610. The van der Waals surface area contributed by atoms with Crippen LogP contribution in [-0.4, -0.2) is 17.8 Å². The van der Waals surface area contributed by atoms with Gasteiger partial charge in [-0.2, -0.15) is 0 Å². The topological polar surface area (TPSA) is 82.0 Å². The van der Waals surface area contributed by atoms with E-state index in [1.54, 1.807) is 18.3 Å². The standard InChI is InChI=1S/C8H11N3O/c9-4-7(10)8-3-6(5-12)1-2-11-8/h1-3,5,7H,4,9-10H2. The molecule has 0 aromatic carbocycles.